The highest BCUT2D eigenvalue weighted by molar-refractivity contribution is 5.84. The van der Waals surface area contributed by atoms with Gasteiger partial charge < -0.3 is 23.7 Å². The maximum absolute atomic E-state index is 13.0. The Kier molecular flexibility index (Phi) is 11.6. The predicted octanol–water partition coefficient (Wildman–Crippen LogP) is 4.30. The first-order valence-electron chi connectivity index (χ1n) is 11.8. The number of halogens is 12. The largest absolute Gasteiger partial charge is 0.490 e. The van der Waals surface area contributed by atoms with Gasteiger partial charge in [-0.3, -0.25) is 4.79 Å². The van der Waals surface area contributed by atoms with E-state index in [1.54, 1.807) is 6.07 Å². The van der Waals surface area contributed by atoms with Crippen molar-refractivity contribution < 1.29 is 95.5 Å². The summed E-state index contributed by atoms with van der Waals surface area (Å²) >= 11 is 0. The molecule has 0 aliphatic carbocycles. The monoisotopic (exact) mass is 666 g/mol. The van der Waals surface area contributed by atoms with Crippen LogP contribution in [-0.2, 0) is 49.3 Å². The molecule has 1 fully saturated rings. The van der Waals surface area contributed by atoms with Gasteiger partial charge in [0, 0.05) is 6.42 Å². The third kappa shape index (κ3) is 10.5. The van der Waals surface area contributed by atoms with Gasteiger partial charge >= 0.3 is 42.6 Å². The molecule has 44 heavy (non-hydrogen) atoms. The first-order valence-corrected chi connectivity index (χ1v) is 11.8. The molecule has 0 saturated carbocycles. The molecule has 0 bridgehead atoms. The van der Waals surface area contributed by atoms with Crippen molar-refractivity contribution in [1.82, 2.24) is 0 Å². The maximum atomic E-state index is 13.0. The first-order chi connectivity index (χ1) is 20.0. The lowest BCUT2D eigenvalue weighted by Crippen LogP contribution is -2.63. The van der Waals surface area contributed by atoms with Gasteiger partial charge in [-0.05, 0) is 18.4 Å². The van der Waals surface area contributed by atoms with Gasteiger partial charge in [-0.2, -0.15) is 52.7 Å². The van der Waals surface area contributed by atoms with E-state index in [2.05, 4.69) is 14.2 Å². The lowest BCUT2D eigenvalue weighted by Gasteiger charge is -2.44. The Morgan fingerprint density at radius 3 is 1.55 bits per heavy atom. The third-order valence-electron chi connectivity index (χ3n) is 5.50. The summed E-state index contributed by atoms with van der Waals surface area (Å²) in [4.78, 5) is 46.2. The Labute approximate surface area is 237 Å². The van der Waals surface area contributed by atoms with Crippen LogP contribution in [0.2, 0.25) is 0 Å². The summed E-state index contributed by atoms with van der Waals surface area (Å²) < 4.78 is 178. The second-order valence-electron chi connectivity index (χ2n) is 8.71. The molecule has 0 N–H and O–H groups in total. The van der Waals surface area contributed by atoms with E-state index >= 15 is 0 Å². The summed E-state index contributed by atoms with van der Waals surface area (Å²) in [5, 5.41) is 0. The molecule has 1 aromatic rings. The van der Waals surface area contributed by atoms with Crippen molar-refractivity contribution >= 4 is 23.7 Å². The number of hydrogen-bond acceptors (Lipinski definition) is 9. The van der Waals surface area contributed by atoms with Gasteiger partial charge in [0.15, 0.2) is 24.6 Å². The molecule has 9 nitrogen and oxygen atoms in total. The Bertz CT molecular complexity index is 1160. The lowest BCUT2D eigenvalue weighted by molar-refractivity contribution is -0.318. The Morgan fingerprint density at radius 2 is 1.09 bits per heavy atom. The fraction of sp³-hybridized carbons (Fsp3) is 0.565. The number of Topliss-reactive ketones (excluding diaryl/α,β-unsaturated/α-hetero) is 1. The number of benzene rings is 1. The van der Waals surface area contributed by atoms with E-state index in [4.69, 9.17) is 9.47 Å². The molecule has 1 aliphatic heterocycles. The van der Waals surface area contributed by atoms with Crippen molar-refractivity contribution in [2.45, 2.75) is 74.7 Å². The second-order valence-corrected chi connectivity index (χ2v) is 8.71. The van der Waals surface area contributed by atoms with Gasteiger partial charge in [-0.25, -0.2) is 14.4 Å². The highest BCUT2D eigenvalue weighted by atomic mass is 19.4. The number of alkyl halides is 12. The topological polar surface area (TPSA) is 114 Å². The zero-order valence-corrected chi connectivity index (χ0v) is 21.3. The molecule has 0 unspecified atom stereocenters. The summed E-state index contributed by atoms with van der Waals surface area (Å²) in [6.45, 7) is -0.657. The molecule has 248 valence electrons. The zero-order chi connectivity index (χ0) is 33.7. The molecule has 1 heterocycles. The fourth-order valence-corrected chi connectivity index (χ4v) is 3.57. The molecule has 2 rings (SSSR count). The molecule has 0 radical (unpaired) electrons. The Morgan fingerprint density at radius 1 is 0.636 bits per heavy atom. The molecule has 0 spiro atoms. The zero-order valence-electron chi connectivity index (χ0n) is 21.3. The third-order valence-corrected chi connectivity index (χ3v) is 5.50. The van der Waals surface area contributed by atoms with E-state index in [1.165, 1.54) is 24.3 Å². The average Bonchev–Trinajstić information content (AvgIpc) is 2.88. The highest BCUT2D eigenvalue weighted by Crippen LogP contribution is 2.36. The summed E-state index contributed by atoms with van der Waals surface area (Å²) in [7, 11) is 0. The van der Waals surface area contributed by atoms with Crippen molar-refractivity contribution in [2.75, 3.05) is 6.61 Å². The molecule has 1 aromatic carbocycles. The molecule has 0 aromatic heterocycles. The summed E-state index contributed by atoms with van der Waals surface area (Å²) in [6.07, 6.45) is -41.3. The van der Waals surface area contributed by atoms with Crippen LogP contribution in [0.3, 0.4) is 0 Å². The maximum Gasteiger partial charge on any atom is 0.490 e. The van der Waals surface area contributed by atoms with Gasteiger partial charge in [0.1, 0.15) is 6.10 Å². The molecule has 0 amide bonds. The molecule has 1 aliphatic rings. The van der Waals surface area contributed by atoms with Crippen molar-refractivity contribution in [2.24, 2.45) is 0 Å². The van der Waals surface area contributed by atoms with Crippen molar-refractivity contribution in [3.8, 4) is 0 Å². The van der Waals surface area contributed by atoms with Crippen LogP contribution in [0, 0.1) is 0 Å². The quantitative estimate of drug-likeness (QED) is 0.205. The van der Waals surface area contributed by atoms with Crippen LogP contribution in [0.5, 0.6) is 0 Å². The van der Waals surface area contributed by atoms with Crippen molar-refractivity contribution in [3.63, 3.8) is 0 Å². The second kappa shape index (κ2) is 14.0. The minimum absolute atomic E-state index is 0.155. The van der Waals surface area contributed by atoms with E-state index < -0.39 is 98.6 Å². The number of ketones is 1. The van der Waals surface area contributed by atoms with Gasteiger partial charge in [0.25, 0.3) is 0 Å². The van der Waals surface area contributed by atoms with Crippen molar-refractivity contribution in [1.29, 1.82) is 0 Å². The minimum atomic E-state index is -6.01. The first kappa shape index (κ1) is 36.6. The van der Waals surface area contributed by atoms with Gasteiger partial charge in [-0.1, -0.05) is 30.3 Å². The smallest absolute Gasteiger partial charge is 0.449 e. The lowest BCUT2D eigenvalue weighted by atomic mass is 9.94. The van der Waals surface area contributed by atoms with Gasteiger partial charge in [-0.15, -0.1) is 0 Å². The normalized spacial score (nSPS) is 23.0. The molecule has 1 saturated heterocycles. The van der Waals surface area contributed by atoms with Gasteiger partial charge in [0.05, 0.1) is 6.61 Å². The molecular weight excluding hydrogens is 648 g/mol. The van der Waals surface area contributed by atoms with Crippen LogP contribution < -0.4 is 0 Å². The standard InChI is InChI=1S/C23H18F12O9/c24-20(25,26)12(36)7-6-11-13(42-17(37)21(27,28)29)14(43-18(38)22(30,31)32)15(44-19(39)23(33,34)35)16(41-11)40-9-8-10-4-2-1-3-5-10/h1-5,11,13-16H,6-9H2/t11-,13-,14+,15-,16-/m1/s1. The minimum Gasteiger partial charge on any atom is -0.449 e. The van der Waals surface area contributed by atoms with Crippen LogP contribution in [0.25, 0.3) is 0 Å². The fourth-order valence-electron chi connectivity index (χ4n) is 3.57. The number of ether oxygens (including phenoxy) is 5. The number of carbonyl (C=O) groups excluding carboxylic acids is 4. The molecular formula is C23H18F12O9. The van der Waals surface area contributed by atoms with E-state index in [-0.39, 0.29) is 6.42 Å². The van der Waals surface area contributed by atoms with E-state index in [1.807, 2.05) is 0 Å². The number of rotatable bonds is 10. The number of carbonyl (C=O) groups is 4. The van der Waals surface area contributed by atoms with E-state index in [0.717, 1.165) is 0 Å². The van der Waals surface area contributed by atoms with E-state index in [9.17, 15) is 71.9 Å². The average molecular weight is 666 g/mol. The van der Waals surface area contributed by atoms with Crippen LogP contribution in [0.1, 0.15) is 18.4 Å². The number of esters is 3. The SMILES string of the molecule is O=C(CC[C@H]1O[C@@H](OCCc2ccccc2)[C@H](OC(=O)C(F)(F)F)[C@@H](OC(=O)C(F)(F)F)[C@@H]1OC(=O)C(F)(F)F)C(F)(F)F. The van der Waals surface area contributed by atoms with Crippen LogP contribution in [0.15, 0.2) is 30.3 Å². The number of hydrogen-bond donors (Lipinski definition) is 0. The summed E-state index contributed by atoms with van der Waals surface area (Å²) in [6, 6.07) is 7.56. The summed E-state index contributed by atoms with van der Waals surface area (Å²) in [5.74, 6) is -12.4. The van der Waals surface area contributed by atoms with E-state index in [0.29, 0.717) is 5.56 Å². The van der Waals surface area contributed by atoms with Crippen LogP contribution >= 0.6 is 0 Å². The predicted molar refractivity (Wildman–Crippen MR) is 113 cm³/mol. The van der Waals surface area contributed by atoms with Crippen LogP contribution in [-0.4, -0.2) is 85.7 Å². The molecule has 5 atom stereocenters. The van der Waals surface area contributed by atoms with Gasteiger partial charge in [0.2, 0.25) is 5.78 Å². The Hall–Kier alpha value is -3.62. The van der Waals surface area contributed by atoms with Crippen molar-refractivity contribution in [3.05, 3.63) is 35.9 Å². The highest BCUT2D eigenvalue weighted by Gasteiger charge is 2.58. The Balaban J connectivity index is 2.60. The van der Waals surface area contributed by atoms with Crippen LogP contribution in [0.4, 0.5) is 52.7 Å². The summed E-state index contributed by atoms with van der Waals surface area (Å²) in [5.41, 5.74) is 0.455. The molecule has 21 heteroatoms.